The normalized spacial score (nSPS) is 13.5. The second-order valence-electron chi connectivity index (χ2n) is 8.80. The van der Waals surface area contributed by atoms with Crippen LogP contribution in [0.15, 0.2) is 84.9 Å². The molecule has 1 unspecified atom stereocenters. The van der Waals surface area contributed by atoms with Gasteiger partial charge in [-0.2, -0.15) is 0 Å². The summed E-state index contributed by atoms with van der Waals surface area (Å²) >= 11 is 0. The Hall–Kier alpha value is -3.86. The molecule has 1 atom stereocenters. The Morgan fingerprint density at radius 1 is 1.09 bits per heavy atom. The number of amides is 1. The zero-order valence-electron chi connectivity index (χ0n) is 20.6. The van der Waals surface area contributed by atoms with Crippen molar-refractivity contribution in [1.29, 1.82) is 0 Å². The van der Waals surface area contributed by atoms with Crippen LogP contribution in [0.3, 0.4) is 0 Å². The van der Waals surface area contributed by atoms with Crippen molar-refractivity contribution in [2.45, 2.75) is 26.8 Å². The highest BCUT2D eigenvalue weighted by Crippen LogP contribution is 2.41. The van der Waals surface area contributed by atoms with E-state index >= 15 is 4.39 Å². The summed E-state index contributed by atoms with van der Waals surface area (Å²) in [5.41, 5.74) is 7.70. The lowest BCUT2D eigenvalue weighted by Crippen LogP contribution is -2.35. The molecule has 174 valence electrons. The van der Waals surface area contributed by atoms with E-state index in [9.17, 15) is 4.79 Å². The van der Waals surface area contributed by atoms with Gasteiger partial charge in [-0.1, -0.05) is 60.7 Å². The van der Waals surface area contributed by atoms with Crippen LogP contribution in [-0.2, 0) is 17.7 Å². The van der Waals surface area contributed by atoms with Crippen molar-refractivity contribution in [2.75, 3.05) is 7.11 Å². The number of hydrogen-bond donors (Lipinski definition) is 1. The fourth-order valence-corrected chi connectivity index (χ4v) is 3.99. The third-order valence-electron chi connectivity index (χ3n) is 5.94. The Bertz CT molecular complexity index is 1380. The first kappa shape index (κ1) is 22.0. The first-order valence-electron chi connectivity index (χ1n) is 11.7. The van der Waals surface area contributed by atoms with Gasteiger partial charge >= 0.3 is 0 Å². The van der Waals surface area contributed by atoms with Crippen LogP contribution >= 0.6 is 0 Å². The minimum Gasteiger partial charge on any atom is -0.497 e. The van der Waals surface area contributed by atoms with E-state index in [0.29, 0.717) is 34.3 Å². The average Bonchev–Trinajstić information content (AvgIpc) is 3.22. The highest BCUT2D eigenvalue weighted by Gasteiger charge is 2.30. The van der Waals surface area contributed by atoms with Gasteiger partial charge in [0.05, 0.1) is 19.6 Å². The van der Waals surface area contributed by atoms with E-state index in [1.165, 1.54) is 0 Å². The largest absolute Gasteiger partial charge is 0.497 e. The van der Waals surface area contributed by atoms with E-state index in [0.717, 1.165) is 11.1 Å². The number of nitrogens with two attached hydrogens (primary N) is 1. The van der Waals surface area contributed by atoms with Crippen LogP contribution in [0.4, 0.5) is 4.39 Å². The second-order valence-corrected chi connectivity index (χ2v) is 8.80. The lowest BCUT2D eigenvalue weighted by Gasteiger charge is -2.24. The molecular formula is C29H29FN2O2. The molecule has 34 heavy (non-hydrogen) atoms. The SMILES string of the molecule is [2H]C(n1c(-c2ccccc2)c(/C(F)=C/Cc2ccccc2)c2cc(OC)ccc21)C(C)(C)C(N)=O. The van der Waals surface area contributed by atoms with Crippen molar-refractivity contribution < 1.29 is 15.3 Å². The number of carbonyl (C=O) groups is 1. The van der Waals surface area contributed by atoms with Crippen molar-refractivity contribution in [3.63, 3.8) is 0 Å². The number of carbonyl (C=O) groups excluding carboxylic acids is 1. The van der Waals surface area contributed by atoms with E-state index in [1.54, 1.807) is 49.8 Å². The summed E-state index contributed by atoms with van der Waals surface area (Å²) in [4.78, 5) is 12.3. The number of halogens is 1. The lowest BCUT2D eigenvalue weighted by atomic mass is 9.92. The number of aromatic nitrogens is 1. The number of primary amides is 1. The van der Waals surface area contributed by atoms with Crippen molar-refractivity contribution in [1.82, 2.24) is 4.57 Å². The molecule has 3 aromatic carbocycles. The Kier molecular flexibility index (Phi) is 6.17. The molecule has 0 aliphatic carbocycles. The van der Waals surface area contributed by atoms with Crippen LogP contribution in [0.25, 0.3) is 28.0 Å². The summed E-state index contributed by atoms with van der Waals surface area (Å²) in [5, 5.41) is 0.600. The zero-order chi connectivity index (χ0) is 25.2. The minimum absolute atomic E-state index is 0.360. The molecule has 4 aromatic rings. The van der Waals surface area contributed by atoms with Gasteiger partial charge < -0.3 is 15.0 Å². The number of rotatable bonds is 8. The van der Waals surface area contributed by atoms with Crippen LogP contribution in [0.1, 0.15) is 26.3 Å². The molecule has 0 aliphatic heterocycles. The molecule has 0 saturated carbocycles. The van der Waals surface area contributed by atoms with Gasteiger partial charge in [-0.25, -0.2) is 4.39 Å². The maximum Gasteiger partial charge on any atom is 0.224 e. The Morgan fingerprint density at radius 3 is 2.35 bits per heavy atom. The van der Waals surface area contributed by atoms with E-state index in [2.05, 4.69) is 0 Å². The molecular weight excluding hydrogens is 427 g/mol. The van der Waals surface area contributed by atoms with E-state index in [4.69, 9.17) is 11.8 Å². The minimum atomic E-state index is -1.21. The second kappa shape index (κ2) is 9.56. The van der Waals surface area contributed by atoms with Crippen LogP contribution < -0.4 is 10.5 Å². The number of hydrogen-bond acceptors (Lipinski definition) is 2. The molecule has 0 aliphatic rings. The van der Waals surface area contributed by atoms with Gasteiger partial charge in [-0.3, -0.25) is 4.79 Å². The fraction of sp³-hybridized carbons (Fsp3) is 0.207. The molecule has 0 fully saturated rings. The summed E-state index contributed by atoms with van der Waals surface area (Å²) in [7, 11) is 1.56. The van der Waals surface area contributed by atoms with Crippen molar-refractivity contribution in [2.24, 2.45) is 11.1 Å². The topological polar surface area (TPSA) is 57.2 Å². The maximum absolute atomic E-state index is 16.1. The zero-order valence-corrected chi connectivity index (χ0v) is 19.6. The molecule has 2 N–H and O–H groups in total. The molecule has 1 heterocycles. The summed E-state index contributed by atoms with van der Waals surface area (Å²) in [5.74, 6) is -0.440. The first-order chi connectivity index (χ1) is 16.8. The Morgan fingerprint density at radius 2 is 1.74 bits per heavy atom. The van der Waals surface area contributed by atoms with Crippen LogP contribution in [0.2, 0.25) is 0 Å². The molecule has 0 radical (unpaired) electrons. The summed E-state index contributed by atoms with van der Waals surface area (Å²) < 4.78 is 32.4. The molecule has 4 nitrogen and oxygen atoms in total. The van der Waals surface area contributed by atoms with Crippen molar-refractivity contribution in [3.8, 4) is 17.0 Å². The van der Waals surface area contributed by atoms with E-state index < -0.39 is 23.7 Å². The predicted octanol–water partition coefficient (Wildman–Crippen LogP) is 6.38. The monoisotopic (exact) mass is 457 g/mol. The van der Waals surface area contributed by atoms with Gasteiger partial charge in [0.2, 0.25) is 5.91 Å². The van der Waals surface area contributed by atoms with Crippen LogP contribution in [0.5, 0.6) is 5.75 Å². The highest BCUT2D eigenvalue weighted by molar-refractivity contribution is 6.00. The number of methoxy groups -OCH3 is 1. The highest BCUT2D eigenvalue weighted by atomic mass is 19.1. The third-order valence-corrected chi connectivity index (χ3v) is 5.94. The fourth-order valence-electron chi connectivity index (χ4n) is 3.99. The molecule has 1 aromatic heterocycles. The van der Waals surface area contributed by atoms with E-state index in [1.807, 2.05) is 60.7 Å². The number of ether oxygens (including phenoxy) is 1. The maximum atomic E-state index is 16.1. The molecule has 4 rings (SSSR count). The number of allylic oxidation sites excluding steroid dienone is 1. The number of fused-ring (bicyclic) bond motifs is 1. The molecule has 0 bridgehead atoms. The van der Waals surface area contributed by atoms with Crippen molar-refractivity contribution >= 4 is 22.6 Å². The smallest absolute Gasteiger partial charge is 0.224 e. The number of benzene rings is 3. The summed E-state index contributed by atoms with van der Waals surface area (Å²) in [6.45, 7) is 2.18. The third kappa shape index (κ3) is 4.60. The Labute approximate surface area is 200 Å². The van der Waals surface area contributed by atoms with Gasteiger partial charge in [0.15, 0.2) is 0 Å². The standard InChI is InChI=1S/C29H29FN2O2/c1-29(2,28(31)33)19-32-25-17-15-22(34-3)18-23(25)26(27(32)21-12-8-5-9-13-21)24(30)16-14-20-10-6-4-7-11-20/h4-13,15-18H,14,19H2,1-3H3,(H2,31,33)/b24-16-/i19D. The van der Waals surface area contributed by atoms with Gasteiger partial charge in [0, 0.05) is 23.0 Å². The van der Waals surface area contributed by atoms with E-state index in [-0.39, 0.29) is 0 Å². The van der Waals surface area contributed by atoms with Crippen LogP contribution in [0, 0.1) is 5.41 Å². The summed E-state index contributed by atoms with van der Waals surface area (Å²) in [6.07, 6.45) is 1.97. The van der Waals surface area contributed by atoms with Gasteiger partial charge in [-0.15, -0.1) is 0 Å². The Balaban J connectivity index is 2.04. The van der Waals surface area contributed by atoms with Crippen molar-refractivity contribution in [3.05, 3.63) is 96.1 Å². The lowest BCUT2D eigenvalue weighted by molar-refractivity contribution is -0.126. The molecule has 5 heteroatoms. The molecule has 1 amide bonds. The van der Waals surface area contributed by atoms with Gasteiger partial charge in [-0.05, 0) is 55.7 Å². The quantitative estimate of drug-likeness (QED) is 0.334. The molecule has 0 saturated heterocycles. The molecule has 0 spiro atoms. The van der Waals surface area contributed by atoms with Gasteiger partial charge in [0.1, 0.15) is 11.6 Å². The average molecular weight is 458 g/mol. The van der Waals surface area contributed by atoms with Crippen LogP contribution in [-0.4, -0.2) is 17.6 Å². The predicted molar refractivity (Wildman–Crippen MR) is 136 cm³/mol. The van der Waals surface area contributed by atoms with Gasteiger partial charge in [0.25, 0.3) is 0 Å². The number of nitrogens with zero attached hydrogens (tertiary/aromatic N) is 1. The first-order valence-corrected chi connectivity index (χ1v) is 11.1. The summed E-state index contributed by atoms with van der Waals surface area (Å²) in [6, 6.07) is 24.4.